The lowest BCUT2D eigenvalue weighted by Crippen LogP contribution is -2.22. The lowest BCUT2D eigenvalue weighted by atomic mass is 10.4. The molecule has 3 N–H and O–H groups in total. The van der Waals surface area contributed by atoms with Crippen LogP contribution in [0.4, 0.5) is 0 Å². The van der Waals surface area contributed by atoms with Gasteiger partial charge in [-0.2, -0.15) is 0 Å². The fourth-order valence-electron chi connectivity index (χ4n) is 0.930. The van der Waals surface area contributed by atoms with Crippen molar-refractivity contribution in [2.24, 2.45) is 5.73 Å². The van der Waals surface area contributed by atoms with Crippen LogP contribution in [0.25, 0.3) is 0 Å². The number of rotatable bonds is 3. The Balaban J connectivity index is 3.05. The predicted octanol–water partition coefficient (Wildman–Crippen LogP) is 1.16. The van der Waals surface area contributed by atoms with Crippen molar-refractivity contribution >= 4 is 31.6 Å². The van der Waals surface area contributed by atoms with Gasteiger partial charge >= 0.3 is 0 Å². The van der Waals surface area contributed by atoms with Crippen LogP contribution in [0, 0.1) is 5.41 Å². The quantitative estimate of drug-likeness (QED) is 0.642. The minimum Gasteiger partial charge on any atom is -0.387 e. The second-order valence-electron chi connectivity index (χ2n) is 2.74. The van der Waals surface area contributed by atoms with Gasteiger partial charge in [0.1, 0.15) is 11.6 Å². The van der Waals surface area contributed by atoms with Gasteiger partial charge < -0.3 is 5.73 Å². The molecule has 1 aromatic rings. The first-order valence-corrected chi connectivity index (χ1v) is 6.17. The van der Waals surface area contributed by atoms with Crippen molar-refractivity contribution in [3.8, 4) is 0 Å². The highest BCUT2D eigenvalue weighted by Crippen LogP contribution is 2.15. The lowest BCUT2D eigenvalue weighted by Gasteiger charge is -2.02. The van der Waals surface area contributed by atoms with E-state index in [1.165, 1.54) is 12.1 Å². The predicted molar refractivity (Wildman–Crippen MR) is 58.1 cm³/mol. The van der Waals surface area contributed by atoms with Crippen LogP contribution in [0.3, 0.4) is 0 Å². The molecule has 0 heterocycles. The van der Waals surface area contributed by atoms with E-state index in [-0.39, 0.29) is 10.7 Å². The number of nitrogens with two attached hydrogens (primary N) is 1. The second-order valence-corrected chi connectivity index (χ2v) is 5.64. The molecule has 4 nitrogen and oxygen atoms in total. The van der Waals surface area contributed by atoms with E-state index in [2.05, 4.69) is 15.9 Å². The summed E-state index contributed by atoms with van der Waals surface area (Å²) in [6.07, 6.45) is 0. The maximum Gasteiger partial charge on any atom is 0.185 e. The van der Waals surface area contributed by atoms with Crippen LogP contribution in [0.2, 0.25) is 0 Å². The molecule has 0 atom stereocenters. The SMILES string of the molecule is N=C(N)CS(=O)(=O)c1ccc(Br)cc1. The summed E-state index contributed by atoms with van der Waals surface area (Å²) in [7, 11) is -3.45. The van der Waals surface area contributed by atoms with Crippen LogP contribution in [-0.4, -0.2) is 20.0 Å². The molecule has 6 heteroatoms. The number of sulfone groups is 1. The maximum atomic E-state index is 11.5. The standard InChI is InChI=1S/C8H9BrN2O2S/c9-6-1-3-7(4-2-6)14(12,13)5-8(10)11/h1-4H,5H2,(H3,10,11). The third-order valence-corrected chi connectivity index (χ3v) is 3.73. The van der Waals surface area contributed by atoms with E-state index in [9.17, 15) is 8.42 Å². The van der Waals surface area contributed by atoms with E-state index in [1.807, 2.05) is 0 Å². The van der Waals surface area contributed by atoms with Crippen LogP contribution >= 0.6 is 15.9 Å². The van der Waals surface area contributed by atoms with Crippen LogP contribution in [0.1, 0.15) is 0 Å². The van der Waals surface area contributed by atoms with E-state index in [0.717, 1.165) is 4.47 Å². The number of amidine groups is 1. The fourth-order valence-corrected chi connectivity index (χ4v) is 2.32. The van der Waals surface area contributed by atoms with Crippen molar-refractivity contribution in [3.05, 3.63) is 28.7 Å². The Kier molecular flexibility index (Phi) is 3.28. The van der Waals surface area contributed by atoms with Crippen LogP contribution in [-0.2, 0) is 9.84 Å². The maximum absolute atomic E-state index is 11.5. The summed E-state index contributed by atoms with van der Waals surface area (Å²) >= 11 is 3.20. The van der Waals surface area contributed by atoms with Crippen molar-refractivity contribution in [3.63, 3.8) is 0 Å². The minimum absolute atomic E-state index is 0.177. The van der Waals surface area contributed by atoms with E-state index in [0.29, 0.717) is 0 Å². The van der Waals surface area contributed by atoms with Gasteiger partial charge in [0.15, 0.2) is 9.84 Å². The highest BCUT2D eigenvalue weighted by Gasteiger charge is 2.15. The molecule has 0 aliphatic carbocycles. The average molecular weight is 277 g/mol. The van der Waals surface area contributed by atoms with Crippen LogP contribution in [0.15, 0.2) is 33.6 Å². The molecule has 0 spiro atoms. The fraction of sp³-hybridized carbons (Fsp3) is 0.125. The van der Waals surface area contributed by atoms with Gasteiger partial charge in [0.2, 0.25) is 0 Å². The Labute approximate surface area is 90.7 Å². The zero-order chi connectivity index (χ0) is 10.8. The molecule has 1 rings (SSSR count). The number of hydrogen-bond donors (Lipinski definition) is 2. The third-order valence-electron chi connectivity index (χ3n) is 1.52. The monoisotopic (exact) mass is 276 g/mol. The van der Waals surface area contributed by atoms with Crippen LogP contribution < -0.4 is 5.73 Å². The summed E-state index contributed by atoms with van der Waals surface area (Å²) in [6.45, 7) is 0. The van der Waals surface area contributed by atoms with Gasteiger partial charge in [0.25, 0.3) is 0 Å². The van der Waals surface area contributed by atoms with Crippen molar-refractivity contribution in [1.29, 1.82) is 5.41 Å². The summed E-state index contributed by atoms with van der Waals surface area (Å²) in [4.78, 5) is 0.177. The molecule has 1 aromatic carbocycles. The van der Waals surface area contributed by atoms with Gasteiger partial charge in [-0.15, -0.1) is 0 Å². The Morgan fingerprint density at radius 3 is 2.29 bits per heavy atom. The van der Waals surface area contributed by atoms with Gasteiger partial charge in [-0.3, -0.25) is 5.41 Å². The van der Waals surface area contributed by atoms with E-state index in [4.69, 9.17) is 11.1 Å². The summed E-state index contributed by atoms with van der Waals surface area (Å²) in [5.41, 5.74) is 5.04. The Hall–Kier alpha value is -0.880. The minimum atomic E-state index is -3.45. The molecule has 76 valence electrons. The largest absolute Gasteiger partial charge is 0.387 e. The summed E-state index contributed by atoms with van der Waals surface area (Å²) in [5, 5.41) is 6.93. The first-order chi connectivity index (χ1) is 6.42. The molecule has 14 heavy (non-hydrogen) atoms. The zero-order valence-electron chi connectivity index (χ0n) is 7.20. The molecule has 0 aliphatic heterocycles. The van der Waals surface area contributed by atoms with E-state index >= 15 is 0 Å². The summed E-state index contributed by atoms with van der Waals surface area (Å²) < 4.78 is 23.8. The molecule has 0 fully saturated rings. The number of halogens is 1. The molecular formula is C8H9BrN2O2S. The summed E-state index contributed by atoms with van der Waals surface area (Å²) in [6, 6.07) is 6.21. The molecule has 0 saturated heterocycles. The van der Waals surface area contributed by atoms with Crippen LogP contribution in [0.5, 0.6) is 0 Å². The first kappa shape index (κ1) is 11.2. The molecule has 0 saturated carbocycles. The topological polar surface area (TPSA) is 84.0 Å². The average Bonchev–Trinajstić information content (AvgIpc) is 2.02. The van der Waals surface area contributed by atoms with Gasteiger partial charge in [-0.05, 0) is 24.3 Å². The third kappa shape index (κ3) is 2.81. The highest BCUT2D eigenvalue weighted by atomic mass is 79.9. The Morgan fingerprint density at radius 1 is 1.36 bits per heavy atom. The molecular weight excluding hydrogens is 268 g/mol. The highest BCUT2D eigenvalue weighted by molar-refractivity contribution is 9.10. The molecule has 0 aromatic heterocycles. The smallest absolute Gasteiger partial charge is 0.185 e. The van der Waals surface area contributed by atoms with E-state index < -0.39 is 15.6 Å². The lowest BCUT2D eigenvalue weighted by molar-refractivity contribution is 0.599. The molecule has 0 radical (unpaired) electrons. The van der Waals surface area contributed by atoms with Crippen molar-refractivity contribution < 1.29 is 8.42 Å². The zero-order valence-corrected chi connectivity index (χ0v) is 9.60. The first-order valence-electron chi connectivity index (χ1n) is 3.73. The second kappa shape index (κ2) is 4.10. The van der Waals surface area contributed by atoms with Gasteiger partial charge in [0.05, 0.1) is 4.90 Å². The van der Waals surface area contributed by atoms with Crippen molar-refractivity contribution in [2.45, 2.75) is 4.90 Å². The Bertz CT molecular complexity index is 439. The number of hydrogen-bond acceptors (Lipinski definition) is 3. The number of benzene rings is 1. The molecule has 0 bridgehead atoms. The number of nitrogens with one attached hydrogen (secondary N) is 1. The molecule has 0 amide bonds. The molecule has 0 aliphatic rings. The van der Waals surface area contributed by atoms with E-state index in [1.54, 1.807) is 12.1 Å². The normalized spacial score (nSPS) is 11.2. The van der Waals surface area contributed by atoms with Crippen molar-refractivity contribution in [1.82, 2.24) is 0 Å². The van der Waals surface area contributed by atoms with Gasteiger partial charge in [-0.1, -0.05) is 15.9 Å². The van der Waals surface area contributed by atoms with Gasteiger partial charge in [0, 0.05) is 4.47 Å². The Morgan fingerprint density at radius 2 is 1.86 bits per heavy atom. The van der Waals surface area contributed by atoms with Crippen molar-refractivity contribution in [2.75, 3.05) is 5.75 Å². The van der Waals surface area contributed by atoms with Gasteiger partial charge in [-0.25, -0.2) is 8.42 Å². The summed E-state index contributed by atoms with van der Waals surface area (Å²) in [5.74, 6) is -0.790. The molecule has 0 unspecified atom stereocenters.